The molecule has 1 aliphatic heterocycles. The summed E-state index contributed by atoms with van der Waals surface area (Å²) in [7, 11) is 0. The summed E-state index contributed by atoms with van der Waals surface area (Å²) in [5, 5.41) is 9.32. The van der Waals surface area contributed by atoms with Crippen molar-refractivity contribution in [3.05, 3.63) is 5.01 Å². The Hall–Kier alpha value is -0.680. The molecule has 4 nitrogen and oxygen atoms in total. The molecule has 1 aliphatic rings. The normalized spacial score (nSPS) is 22.9. The van der Waals surface area contributed by atoms with Crippen LogP contribution in [0.5, 0.6) is 5.19 Å². The van der Waals surface area contributed by atoms with Crippen LogP contribution < -0.4 is 4.74 Å². The zero-order chi connectivity index (χ0) is 8.39. The van der Waals surface area contributed by atoms with E-state index in [9.17, 15) is 0 Å². The lowest BCUT2D eigenvalue weighted by Gasteiger charge is -2.06. The fraction of sp³-hybridized carbons (Fsp3) is 0.714. The number of nitrogens with zero attached hydrogens (tertiary/aromatic N) is 2. The molecule has 0 aliphatic carbocycles. The molecule has 2 rings (SSSR count). The van der Waals surface area contributed by atoms with Crippen molar-refractivity contribution in [1.82, 2.24) is 10.2 Å². The van der Waals surface area contributed by atoms with Gasteiger partial charge in [-0.3, -0.25) is 0 Å². The smallest absolute Gasteiger partial charge is 0.294 e. The first kappa shape index (κ1) is 7.94. The van der Waals surface area contributed by atoms with E-state index in [1.54, 1.807) is 0 Å². The van der Waals surface area contributed by atoms with Crippen LogP contribution in [0.3, 0.4) is 0 Å². The standard InChI is InChI=1S/C7H10N2O2S/c1-5-8-9-7(12-5)11-6-2-3-10-4-6/h6H,2-4H2,1H3/t6-/m0/s1. The Morgan fingerprint density at radius 1 is 1.58 bits per heavy atom. The van der Waals surface area contributed by atoms with Gasteiger partial charge >= 0.3 is 0 Å². The number of ether oxygens (including phenoxy) is 2. The Morgan fingerprint density at radius 3 is 3.08 bits per heavy atom. The van der Waals surface area contributed by atoms with Crippen LogP contribution in [0.15, 0.2) is 0 Å². The van der Waals surface area contributed by atoms with Gasteiger partial charge in [-0.1, -0.05) is 11.3 Å². The van der Waals surface area contributed by atoms with Gasteiger partial charge in [0.05, 0.1) is 13.2 Å². The van der Waals surface area contributed by atoms with E-state index in [1.807, 2.05) is 6.92 Å². The minimum atomic E-state index is 0.178. The molecule has 0 N–H and O–H groups in total. The summed E-state index contributed by atoms with van der Waals surface area (Å²) >= 11 is 1.47. The van der Waals surface area contributed by atoms with Gasteiger partial charge in [-0.25, -0.2) is 0 Å². The van der Waals surface area contributed by atoms with Crippen molar-refractivity contribution in [2.45, 2.75) is 19.4 Å². The van der Waals surface area contributed by atoms with Crippen molar-refractivity contribution in [2.75, 3.05) is 13.2 Å². The lowest BCUT2D eigenvalue weighted by atomic mass is 10.3. The molecule has 1 aromatic rings. The summed E-state index contributed by atoms with van der Waals surface area (Å²) in [4.78, 5) is 0. The number of rotatable bonds is 2. The second-order valence-electron chi connectivity index (χ2n) is 2.69. The third-order valence-electron chi connectivity index (χ3n) is 1.66. The molecule has 0 bridgehead atoms. The average Bonchev–Trinajstić information content (AvgIpc) is 2.63. The minimum absolute atomic E-state index is 0.178. The Bertz CT molecular complexity index is 258. The fourth-order valence-electron chi connectivity index (χ4n) is 1.07. The summed E-state index contributed by atoms with van der Waals surface area (Å²) in [5.41, 5.74) is 0. The first-order chi connectivity index (χ1) is 5.84. The predicted octanol–water partition coefficient (Wildman–Crippen LogP) is 1.01. The van der Waals surface area contributed by atoms with Crippen molar-refractivity contribution >= 4 is 11.3 Å². The molecule has 0 spiro atoms. The van der Waals surface area contributed by atoms with E-state index in [-0.39, 0.29) is 6.10 Å². The van der Waals surface area contributed by atoms with E-state index in [0.29, 0.717) is 11.8 Å². The van der Waals surface area contributed by atoms with Crippen LogP contribution in [0.4, 0.5) is 0 Å². The van der Waals surface area contributed by atoms with E-state index in [4.69, 9.17) is 9.47 Å². The van der Waals surface area contributed by atoms with Crippen molar-refractivity contribution in [2.24, 2.45) is 0 Å². The second-order valence-corrected chi connectivity index (χ2v) is 3.83. The Labute approximate surface area is 74.5 Å². The van der Waals surface area contributed by atoms with Crippen LogP contribution in [0.1, 0.15) is 11.4 Å². The zero-order valence-electron chi connectivity index (χ0n) is 6.82. The molecule has 0 saturated carbocycles. The van der Waals surface area contributed by atoms with Gasteiger partial charge < -0.3 is 9.47 Å². The van der Waals surface area contributed by atoms with Crippen LogP contribution in [0.2, 0.25) is 0 Å². The molecule has 1 saturated heterocycles. The van der Waals surface area contributed by atoms with Crippen LogP contribution in [-0.2, 0) is 4.74 Å². The lowest BCUT2D eigenvalue weighted by Crippen LogP contribution is -2.15. The molecule has 0 unspecified atom stereocenters. The third-order valence-corrected chi connectivity index (χ3v) is 2.39. The number of hydrogen-bond donors (Lipinski definition) is 0. The van der Waals surface area contributed by atoms with Crippen LogP contribution in [0, 0.1) is 6.92 Å². The summed E-state index contributed by atoms with van der Waals surface area (Å²) < 4.78 is 10.7. The molecular formula is C7H10N2O2S. The lowest BCUT2D eigenvalue weighted by molar-refractivity contribution is 0.140. The van der Waals surface area contributed by atoms with Crippen LogP contribution >= 0.6 is 11.3 Å². The summed E-state index contributed by atoms with van der Waals surface area (Å²) in [6, 6.07) is 0. The van der Waals surface area contributed by atoms with Crippen LogP contribution in [0.25, 0.3) is 0 Å². The van der Waals surface area contributed by atoms with Gasteiger partial charge in [0, 0.05) is 6.42 Å². The molecular weight excluding hydrogens is 176 g/mol. The Balaban J connectivity index is 1.94. The third kappa shape index (κ3) is 1.73. The molecule has 1 atom stereocenters. The van der Waals surface area contributed by atoms with Gasteiger partial charge in [-0.15, -0.1) is 10.2 Å². The number of aromatic nitrogens is 2. The number of aryl methyl sites for hydroxylation is 1. The monoisotopic (exact) mass is 186 g/mol. The van der Waals surface area contributed by atoms with Crippen molar-refractivity contribution in [1.29, 1.82) is 0 Å². The fourth-order valence-corrected chi connectivity index (χ4v) is 1.67. The van der Waals surface area contributed by atoms with E-state index in [0.717, 1.165) is 18.0 Å². The van der Waals surface area contributed by atoms with E-state index in [1.165, 1.54) is 11.3 Å². The van der Waals surface area contributed by atoms with E-state index < -0.39 is 0 Å². The summed E-state index contributed by atoms with van der Waals surface area (Å²) in [5.74, 6) is 0. The molecule has 0 aromatic carbocycles. The van der Waals surface area contributed by atoms with Gasteiger partial charge in [0.25, 0.3) is 5.19 Å². The molecule has 1 aromatic heterocycles. The first-order valence-corrected chi connectivity index (χ1v) is 4.71. The molecule has 5 heteroatoms. The second kappa shape index (κ2) is 3.37. The SMILES string of the molecule is Cc1nnc(O[C@H]2CCOC2)s1. The Morgan fingerprint density at radius 2 is 2.50 bits per heavy atom. The highest BCUT2D eigenvalue weighted by Crippen LogP contribution is 2.20. The zero-order valence-corrected chi connectivity index (χ0v) is 7.63. The van der Waals surface area contributed by atoms with Crippen LogP contribution in [-0.4, -0.2) is 29.5 Å². The molecule has 0 amide bonds. The summed E-state index contributed by atoms with van der Waals surface area (Å²) in [6.07, 6.45) is 1.14. The van der Waals surface area contributed by atoms with Crippen molar-refractivity contribution in [3.63, 3.8) is 0 Å². The topological polar surface area (TPSA) is 44.2 Å². The van der Waals surface area contributed by atoms with Crippen molar-refractivity contribution < 1.29 is 9.47 Å². The first-order valence-electron chi connectivity index (χ1n) is 3.89. The highest BCUT2D eigenvalue weighted by atomic mass is 32.1. The van der Waals surface area contributed by atoms with Gasteiger partial charge in [0.1, 0.15) is 11.1 Å². The number of hydrogen-bond acceptors (Lipinski definition) is 5. The molecule has 1 fully saturated rings. The quantitative estimate of drug-likeness (QED) is 0.691. The van der Waals surface area contributed by atoms with Gasteiger partial charge in [0.2, 0.25) is 0 Å². The molecule has 12 heavy (non-hydrogen) atoms. The van der Waals surface area contributed by atoms with E-state index >= 15 is 0 Å². The molecule has 0 radical (unpaired) electrons. The predicted molar refractivity (Wildman–Crippen MR) is 44.5 cm³/mol. The van der Waals surface area contributed by atoms with E-state index in [2.05, 4.69) is 10.2 Å². The van der Waals surface area contributed by atoms with Gasteiger partial charge in [-0.05, 0) is 6.92 Å². The molecule has 2 heterocycles. The summed E-state index contributed by atoms with van der Waals surface area (Å²) in [6.45, 7) is 3.39. The molecule has 66 valence electrons. The highest BCUT2D eigenvalue weighted by Gasteiger charge is 2.18. The van der Waals surface area contributed by atoms with Crippen molar-refractivity contribution in [3.8, 4) is 5.19 Å². The largest absolute Gasteiger partial charge is 0.463 e. The maximum Gasteiger partial charge on any atom is 0.294 e. The maximum absolute atomic E-state index is 5.52. The van der Waals surface area contributed by atoms with Gasteiger partial charge in [0.15, 0.2) is 0 Å². The average molecular weight is 186 g/mol. The maximum atomic E-state index is 5.52. The highest BCUT2D eigenvalue weighted by molar-refractivity contribution is 7.12. The minimum Gasteiger partial charge on any atom is -0.463 e. The van der Waals surface area contributed by atoms with Gasteiger partial charge in [-0.2, -0.15) is 0 Å². The Kier molecular flexibility index (Phi) is 2.23.